The quantitative estimate of drug-likeness (QED) is 0.363. The number of aromatic nitrogens is 1. The third kappa shape index (κ3) is 4.43. The zero-order valence-corrected chi connectivity index (χ0v) is 17.1. The lowest BCUT2D eigenvalue weighted by atomic mass is 9.91. The lowest BCUT2D eigenvalue weighted by Crippen LogP contribution is -2.54. The Balaban J connectivity index is 1.92. The Morgan fingerprint density at radius 3 is 2.38 bits per heavy atom. The number of carbonyl (C=O) groups excluding carboxylic acids is 2. The van der Waals surface area contributed by atoms with Gasteiger partial charge in [0.05, 0.1) is 4.70 Å². The average Bonchev–Trinajstić information content (AvgIpc) is 3.11. The number of hydrogen-bond acceptors (Lipinski definition) is 6. The molecule has 1 atom stereocenters. The monoisotopic (exact) mass is 472 g/mol. The highest BCUT2D eigenvalue weighted by Crippen LogP contribution is 2.43. The van der Waals surface area contributed by atoms with Gasteiger partial charge in [-0.1, -0.05) is 11.3 Å². The molecule has 0 saturated heterocycles. The maximum Gasteiger partial charge on any atom is 0.430 e. The minimum Gasteiger partial charge on any atom is -0.506 e. The zero-order valence-electron chi connectivity index (χ0n) is 16.2. The van der Waals surface area contributed by atoms with Crippen LogP contribution in [0.25, 0.3) is 10.2 Å². The van der Waals surface area contributed by atoms with Crippen LogP contribution in [0.5, 0.6) is 5.75 Å². The van der Waals surface area contributed by atoms with E-state index in [-0.39, 0.29) is 27.6 Å². The minimum absolute atomic E-state index is 0.0240. The first-order chi connectivity index (χ1) is 15.0. The number of likely N-dealkylation sites (N-methyl/N-ethyl adjacent to an activating group) is 1. The fourth-order valence-electron chi connectivity index (χ4n) is 2.78. The van der Waals surface area contributed by atoms with Crippen LogP contribution < -0.4 is 16.0 Å². The smallest absolute Gasteiger partial charge is 0.430 e. The van der Waals surface area contributed by atoms with Crippen molar-refractivity contribution in [2.24, 2.45) is 0 Å². The number of rotatable bonds is 5. The number of fused-ring (bicyclic) bond motifs is 1. The Hall–Kier alpha value is -3.45. The molecule has 0 saturated carbocycles. The van der Waals surface area contributed by atoms with E-state index >= 15 is 0 Å². The Kier molecular flexibility index (Phi) is 6.23. The molecule has 5 N–H and O–H groups in total. The zero-order chi connectivity index (χ0) is 23.7. The molecule has 8 nitrogen and oxygen atoms in total. The Morgan fingerprint density at radius 1 is 1.12 bits per heavy atom. The van der Waals surface area contributed by atoms with E-state index in [1.54, 1.807) is 0 Å². The molecule has 3 amide bonds. The summed E-state index contributed by atoms with van der Waals surface area (Å²) in [6.07, 6.45) is -5.38. The van der Waals surface area contributed by atoms with Gasteiger partial charge in [-0.3, -0.25) is 10.1 Å². The van der Waals surface area contributed by atoms with Crippen molar-refractivity contribution in [1.29, 1.82) is 0 Å². The number of aliphatic hydroxyl groups is 1. The minimum atomic E-state index is -5.38. The second-order valence-corrected chi connectivity index (χ2v) is 7.55. The molecular formula is C19H16F4N4O4S. The van der Waals surface area contributed by atoms with Crippen molar-refractivity contribution < 1.29 is 37.4 Å². The number of anilines is 2. The van der Waals surface area contributed by atoms with Crippen molar-refractivity contribution >= 4 is 44.3 Å². The molecular weight excluding hydrogens is 456 g/mol. The number of nitrogens with zero attached hydrogens (tertiary/aromatic N) is 1. The summed E-state index contributed by atoms with van der Waals surface area (Å²) >= 11 is 0.706. The molecule has 3 rings (SSSR count). The summed E-state index contributed by atoms with van der Waals surface area (Å²) in [6.45, 7) is 1.22. The highest BCUT2D eigenvalue weighted by atomic mass is 32.1. The van der Waals surface area contributed by atoms with Gasteiger partial charge in [0, 0.05) is 17.8 Å². The molecule has 170 valence electrons. The maximum absolute atomic E-state index is 13.6. The van der Waals surface area contributed by atoms with Crippen molar-refractivity contribution in [3.8, 4) is 5.75 Å². The normalized spacial score (nSPS) is 13.4. The number of nitrogens with one attached hydrogen (secondary N) is 3. The van der Waals surface area contributed by atoms with Crippen LogP contribution in [-0.4, -0.2) is 39.9 Å². The summed E-state index contributed by atoms with van der Waals surface area (Å²) in [5, 5.41) is 27.0. The molecule has 32 heavy (non-hydrogen) atoms. The van der Waals surface area contributed by atoms with Gasteiger partial charge in [0.15, 0.2) is 5.13 Å². The number of aromatic hydroxyl groups is 1. The van der Waals surface area contributed by atoms with Crippen LogP contribution in [0.1, 0.15) is 12.5 Å². The van der Waals surface area contributed by atoms with Crippen molar-refractivity contribution in [3.63, 3.8) is 0 Å². The van der Waals surface area contributed by atoms with Gasteiger partial charge in [-0.2, -0.15) is 13.2 Å². The van der Waals surface area contributed by atoms with Gasteiger partial charge >= 0.3 is 12.2 Å². The van der Waals surface area contributed by atoms with E-state index in [4.69, 9.17) is 0 Å². The number of urea groups is 1. The number of halogens is 4. The molecule has 1 aromatic heterocycles. The molecule has 0 fully saturated rings. The van der Waals surface area contributed by atoms with E-state index in [0.717, 1.165) is 18.2 Å². The Labute approximate surface area is 181 Å². The first-order valence-corrected chi connectivity index (χ1v) is 9.82. The van der Waals surface area contributed by atoms with Gasteiger partial charge in [0.2, 0.25) is 0 Å². The van der Waals surface area contributed by atoms with Crippen LogP contribution in [0, 0.1) is 5.82 Å². The molecule has 13 heteroatoms. The van der Waals surface area contributed by atoms with Crippen LogP contribution in [-0.2, 0) is 10.4 Å². The van der Waals surface area contributed by atoms with E-state index in [2.05, 4.69) is 15.6 Å². The van der Waals surface area contributed by atoms with Gasteiger partial charge in [0.1, 0.15) is 17.1 Å². The largest absolute Gasteiger partial charge is 0.506 e. The number of phenols is 1. The lowest BCUT2D eigenvalue weighted by molar-refractivity contribution is -0.256. The Bertz CT molecular complexity index is 1170. The molecule has 0 aliphatic heterocycles. The molecule has 3 aromatic rings. The van der Waals surface area contributed by atoms with E-state index in [0.29, 0.717) is 17.4 Å². The molecule has 0 aliphatic rings. The first-order valence-electron chi connectivity index (χ1n) is 9.00. The third-order valence-electron chi connectivity index (χ3n) is 4.29. The van der Waals surface area contributed by atoms with E-state index in [9.17, 15) is 37.4 Å². The van der Waals surface area contributed by atoms with Gasteiger partial charge in [0.25, 0.3) is 11.5 Å². The Morgan fingerprint density at radius 2 is 1.78 bits per heavy atom. The summed E-state index contributed by atoms with van der Waals surface area (Å²) in [6, 6.07) is 5.55. The van der Waals surface area contributed by atoms with E-state index < -0.39 is 40.8 Å². The van der Waals surface area contributed by atoms with Crippen molar-refractivity contribution in [2.45, 2.75) is 18.7 Å². The van der Waals surface area contributed by atoms with Crippen LogP contribution in [0.15, 0.2) is 36.4 Å². The highest BCUT2D eigenvalue weighted by molar-refractivity contribution is 7.22. The van der Waals surface area contributed by atoms with Crippen molar-refractivity contribution in [2.75, 3.05) is 17.2 Å². The second-order valence-electron chi connectivity index (χ2n) is 6.51. The highest BCUT2D eigenvalue weighted by Gasteiger charge is 2.61. The molecule has 0 spiro atoms. The summed E-state index contributed by atoms with van der Waals surface area (Å²) in [5.41, 5.74) is -4.69. The van der Waals surface area contributed by atoms with E-state index in [1.807, 2.05) is 5.32 Å². The summed E-state index contributed by atoms with van der Waals surface area (Å²) in [5.74, 6) is -2.93. The molecule has 2 aromatic carbocycles. The number of carbonyl (C=O) groups is 2. The lowest BCUT2D eigenvalue weighted by Gasteiger charge is -2.29. The summed E-state index contributed by atoms with van der Waals surface area (Å²) < 4.78 is 53.7. The number of amides is 3. The van der Waals surface area contributed by atoms with Crippen molar-refractivity contribution in [3.05, 3.63) is 47.8 Å². The second kappa shape index (κ2) is 8.59. The molecule has 0 unspecified atom stereocenters. The molecule has 0 aliphatic carbocycles. The molecule has 1 heterocycles. The predicted octanol–water partition coefficient (Wildman–Crippen LogP) is 3.67. The standard InChI is InChI=1S/C19H16F4N4O4S/c1-2-24-15(29)18(31,19(21,22)23)9-7-12(28)14-13(8-9)32-17(26-14)27-16(30)25-11-5-3-10(20)4-6-11/h3-8,28,31H,2H2,1H3,(H,24,29)(H2,25,26,27,30)/t18-/m0/s1. The van der Waals surface area contributed by atoms with Crippen molar-refractivity contribution in [1.82, 2.24) is 10.3 Å². The number of thiazole rings is 1. The summed E-state index contributed by atoms with van der Waals surface area (Å²) in [4.78, 5) is 28.1. The number of phenolic OH excluding ortho intramolecular Hbond substituents is 1. The fourth-order valence-corrected chi connectivity index (χ4v) is 3.70. The first kappa shape index (κ1) is 23.2. The van der Waals surface area contributed by atoms with E-state index in [1.165, 1.54) is 19.1 Å². The number of benzene rings is 2. The topological polar surface area (TPSA) is 124 Å². The molecule has 0 bridgehead atoms. The van der Waals surface area contributed by atoms with Gasteiger partial charge in [-0.25, -0.2) is 14.2 Å². The number of alkyl halides is 3. The van der Waals surface area contributed by atoms with Gasteiger partial charge < -0.3 is 20.8 Å². The average molecular weight is 472 g/mol. The van der Waals surface area contributed by atoms with Crippen LogP contribution in [0.4, 0.5) is 33.2 Å². The SMILES string of the molecule is CCNC(=O)[C@@](O)(c1cc(O)c2nc(NC(=O)Nc3ccc(F)cc3)sc2c1)C(F)(F)F. The fraction of sp³-hybridized carbons (Fsp3) is 0.211. The summed E-state index contributed by atoms with van der Waals surface area (Å²) in [7, 11) is 0. The van der Waals surface area contributed by atoms with Gasteiger partial charge in [-0.05, 0) is 43.3 Å². The predicted molar refractivity (Wildman–Crippen MR) is 109 cm³/mol. The maximum atomic E-state index is 13.6. The molecule has 0 radical (unpaired) electrons. The van der Waals surface area contributed by atoms with Crippen LogP contribution >= 0.6 is 11.3 Å². The van der Waals surface area contributed by atoms with Crippen LogP contribution in [0.3, 0.4) is 0 Å². The number of hydrogen-bond donors (Lipinski definition) is 5. The van der Waals surface area contributed by atoms with Gasteiger partial charge in [-0.15, -0.1) is 0 Å². The third-order valence-corrected chi connectivity index (χ3v) is 5.21. The van der Waals surface area contributed by atoms with Crippen LogP contribution in [0.2, 0.25) is 0 Å².